The van der Waals surface area contributed by atoms with E-state index < -0.39 is 0 Å². The van der Waals surface area contributed by atoms with Crippen LogP contribution in [0, 0.1) is 0 Å². The highest BCUT2D eigenvalue weighted by molar-refractivity contribution is 6.36. The van der Waals surface area contributed by atoms with Gasteiger partial charge in [-0.05, 0) is 62.9 Å². The molecule has 8 heteroatoms. The minimum absolute atomic E-state index is 0.398. The quantitative estimate of drug-likeness (QED) is 0.406. The van der Waals surface area contributed by atoms with E-state index in [1.807, 2.05) is 12.1 Å². The van der Waals surface area contributed by atoms with Crippen molar-refractivity contribution in [3.63, 3.8) is 0 Å². The van der Waals surface area contributed by atoms with E-state index in [-0.39, 0.29) is 0 Å². The van der Waals surface area contributed by atoms with Crippen molar-refractivity contribution in [2.45, 2.75) is 43.8 Å². The van der Waals surface area contributed by atoms with Crippen LogP contribution in [0.15, 0.2) is 48.5 Å². The summed E-state index contributed by atoms with van der Waals surface area (Å²) in [6.45, 7) is 3.58. The van der Waals surface area contributed by atoms with Gasteiger partial charge in [0.2, 0.25) is 0 Å². The van der Waals surface area contributed by atoms with Crippen LogP contribution >= 0.6 is 11.6 Å². The van der Waals surface area contributed by atoms with Crippen LogP contribution in [0.5, 0.6) is 6.01 Å². The van der Waals surface area contributed by atoms with Crippen molar-refractivity contribution in [3.05, 3.63) is 53.6 Å². The fourth-order valence-electron chi connectivity index (χ4n) is 6.27. The molecule has 2 aromatic carbocycles. The summed E-state index contributed by atoms with van der Waals surface area (Å²) >= 11 is 6.64. The molecular weight excluding hydrogens is 484 g/mol. The molecule has 1 N–H and O–H groups in total. The molecule has 0 unspecified atom stereocenters. The third kappa shape index (κ3) is 4.29. The maximum absolute atomic E-state index is 6.64. The maximum Gasteiger partial charge on any atom is 0.320 e. The average Bonchev–Trinajstić information content (AvgIpc) is 3.49. The van der Waals surface area contributed by atoms with Gasteiger partial charge in [-0.2, -0.15) is 9.97 Å². The summed E-state index contributed by atoms with van der Waals surface area (Å²) in [5.41, 5.74) is 2.50. The molecule has 3 fully saturated rings. The number of aromatic nitrogens is 3. The molecule has 3 atom stereocenters. The lowest BCUT2D eigenvalue weighted by Crippen LogP contribution is -2.51. The number of rotatable bonds is 5. The highest BCUT2D eigenvalue weighted by Gasteiger charge is 2.34. The molecule has 5 heterocycles. The Morgan fingerprint density at radius 2 is 1.78 bits per heavy atom. The molecule has 0 amide bonds. The molecule has 0 saturated carbocycles. The van der Waals surface area contributed by atoms with Gasteiger partial charge in [-0.25, -0.2) is 4.98 Å². The third-order valence-corrected chi connectivity index (χ3v) is 8.56. The number of benzene rings is 2. The number of nitrogens with one attached hydrogen (secondary N) is 1. The molecular formula is C29H31ClN6O. The fourth-order valence-corrected chi connectivity index (χ4v) is 6.55. The first-order chi connectivity index (χ1) is 18.1. The lowest BCUT2D eigenvalue weighted by Gasteiger charge is -2.34. The highest BCUT2D eigenvalue weighted by Crippen LogP contribution is 2.35. The molecule has 2 aromatic heterocycles. The predicted octanol–water partition coefficient (Wildman–Crippen LogP) is 4.91. The van der Waals surface area contributed by atoms with Crippen LogP contribution < -0.4 is 15.0 Å². The molecule has 0 aliphatic carbocycles. The minimum atomic E-state index is 0.398. The summed E-state index contributed by atoms with van der Waals surface area (Å²) in [6.07, 6.45) is 4.77. The standard InChI is InChI=1S/C29H31ClN6O/c1-35-14-4-7-21(35)17-37-29-33-27-23(28(34-29)36-15-19-10-11-20(16-36)31-19)12-13-25(32-27)22-8-2-5-18-6-3-9-24(30)26(18)22/h2-3,5-6,8-9,12-13,19-21,31H,4,7,10-11,14-17H2,1H3/t19-,20+,21-/m0/s1. The van der Waals surface area contributed by atoms with Crippen LogP contribution in [-0.4, -0.2) is 71.3 Å². The van der Waals surface area contributed by atoms with Crippen LogP contribution in [0.25, 0.3) is 33.1 Å². The smallest absolute Gasteiger partial charge is 0.320 e. The molecule has 7 nitrogen and oxygen atoms in total. The number of hydrogen-bond donors (Lipinski definition) is 1. The SMILES string of the molecule is CN1CCC[C@H]1COc1nc(N2C[C@H]3CC[C@@H](C2)N3)c2ccc(-c3cccc4cccc(Cl)c34)nc2n1. The largest absolute Gasteiger partial charge is 0.462 e. The molecule has 0 spiro atoms. The molecule has 37 heavy (non-hydrogen) atoms. The number of piperazine rings is 1. The van der Waals surface area contributed by atoms with E-state index in [1.165, 1.54) is 19.3 Å². The zero-order valence-corrected chi connectivity index (χ0v) is 21.8. The van der Waals surface area contributed by atoms with E-state index in [0.717, 1.165) is 64.3 Å². The molecule has 2 bridgehead atoms. The zero-order chi connectivity index (χ0) is 24.9. The van der Waals surface area contributed by atoms with Crippen molar-refractivity contribution in [2.24, 2.45) is 0 Å². The van der Waals surface area contributed by atoms with Gasteiger partial charge in [0.05, 0.1) is 11.1 Å². The highest BCUT2D eigenvalue weighted by atomic mass is 35.5. The van der Waals surface area contributed by atoms with Crippen molar-refractivity contribution in [3.8, 4) is 17.3 Å². The molecule has 0 radical (unpaired) electrons. The van der Waals surface area contributed by atoms with Crippen molar-refractivity contribution >= 4 is 39.2 Å². The average molecular weight is 515 g/mol. The third-order valence-electron chi connectivity index (χ3n) is 8.24. The topological polar surface area (TPSA) is 66.4 Å². The number of pyridine rings is 1. The van der Waals surface area contributed by atoms with Crippen molar-refractivity contribution in [2.75, 3.05) is 38.2 Å². The first-order valence-corrected chi connectivity index (χ1v) is 13.7. The van der Waals surface area contributed by atoms with Gasteiger partial charge in [0.25, 0.3) is 0 Å². The minimum Gasteiger partial charge on any atom is -0.462 e. The Morgan fingerprint density at radius 3 is 2.57 bits per heavy atom. The van der Waals surface area contributed by atoms with Crippen LogP contribution in [0.1, 0.15) is 25.7 Å². The summed E-state index contributed by atoms with van der Waals surface area (Å²) in [6, 6.07) is 18.2. The monoisotopic (exact) mass is 514 g/mol. The molecule has 3 aliphatic rings. The maximum atomic E-state index is 6.64. The molecule has 3 aliphatic heterocycles. The molecule has 7 rings (SSSR count). The Hall–Kier alpha value is -3.00. The summed E-state index contributed by atoms with van der Waals surface area (Å²) in [5, 5.41) is 7.50. The number of fused-ring (bicyclic) bond motifs is 4. The van der Waals surface area contributed by atoms with E-state index >= 15 is 0 Å². The zero-order valence-electron chi connectivity index (χ0n) is 21.0. The molecule has 190 valence electrons. The summed E-state index contributed by atoms with van der Waals surface area (Å²) < 4.78 is 6.24. The first-order valence-electron chi connectivity index (χ1n) is 13.3. The lowest BCUT2D eigenvalue weighted by molar-refractivity contribution is 0.188. The van der Waals surface area contributed by atoms with E-state index in [2.05, 4.69) is 58.6 Å². The lowest BCUT2D eigenvalue weighted by atomic mass is 10.0. The van der Waals surface area contributed by atoms with Crippen LogP contribution in [0.3, 0.4) is 0 Å². The van der Waals surface area contributed by atoms with E-state index in [4.69, 9.17) is 31.3 Å². The van der Waals surface area contributed by atoms with Gasteiger partial charge in [-0.3, -0.25) is 0 Å². The number of nitrogens with zero attached hydrogens (tertiary/aromatic N) is 5. The number of likely N-dealkylation sites (N-methyl/N-ethyl adjacent to an activating group) is 1. The predicted molar refractivity (Wildman–Crippen MR) is 149 cm³/mol. The number of hydrogen-bond acceptors (Lipinski definition) is 7. The number of halogens is 1. The summed E-state index contributed by atoms with van der Waals surface area (Å²) in [5.74, 6) is 0.924. The van der Waals surface area contributed by atoms with Crippen molar-refractivity contribution in [1.82, 2.24) is 25.2 Å². The van der Waals surface area contributed by atoms with Gasteiger partial charge in [0.1, 0.15) is 12.4 Å². The number of likely N-dealkylation sites (tertiary alicyclic amines) is 1. The van der Waals surface area contributed by atoms with Gasteiger partial charge in [0.15, 0.2) is 5.65 Å². The van der Waals surface area contributed by atoms with E-state index in [9.17, 15) is 0 Å². The molecule has 4 aromatic rings. The number of anilines is 1. The summed E-state index contributed by atoms with van der Waals surface area (Å²) in [7, 11) is 2.16. The Kier molecular flexibility index (Phi) is 5.87. The van der Waals surface area contributed by atoms with E-state index in [1.54, 1.807) is 0 Å². The first kappa shape index (κ1) is 23.1. The second-order valence-electron chi connectivity index (χ2n) is 10.7. The van der Waals surface area contributed by atoms with Crippen LogP contribution in [0.4, 0.5) is 5.82 Å². The van der Waals surface area contributed by atoms with Crippen molar-refractivity contribution in [1.29, 1.82) is 0 Å². The Labute approximate surface area is 221 Å². The van der Waals surface area contributed by atoms with Crippen LogP contribution in [-0.2, 0) is 0 Å². The van der Waals surface area contributed by atoms with Crippen molar-refractivity contribution < 1.29 is 4.74 Å². The second-order valence-corrected chi connectivity index (χ2v) is 11.1. The van der Waals surface area contributed by atoms with Gasteiger partial charge in [-0.15, -0.1) is 0 Å². The number of ether oxygens (including phenoxy) is 1. The second kappa shape index (κ2) is 9.39. The van der Waals surface area contributed by atoms with Gasteiger partial charge in [-0.1, -0.05) is 41.9 Å². The molecule has 3 saturated heterocycles. The van der Waals surface area contributed by atoms with Gasteiger partial charge < -0.3 is 19.9 Å². The Bertz CT molecular complexity index is 1460. The Balaban J connectivity index is 1.32. The van der Waals surface area contributed by atoms with E-state index in [0.29, 0.717) is 36.4 Å². The van der Waals surface area contributed by atoms with Gasteiger partial charge in [0, 0.05) is 47.2 Å². The Morgan fingerprint density at radius 1 is 0.973 bits per heavy atom. The fraction of sp³-hybridized carbons (Fsp3) is 0.414. The van der Waals surface area contributed by atoms with Gasteiger partial charge >= 0.3 is 6.01 Å². The summed E-state index contributed by atoms with van der Waals surface area (Å²) in [4.78, 5) is 19.6. The van der Waals surface area contributed by atoms with Crippen LogP contribution in [0.2, 0.25) is 5.02 Å². The normalized spacial score (nSPS) is 23.8.